The maximum Gasteiger partial charge on any atom is 0.253 e. The number of phenols is 1. The zero-order valence-corrected chi connectivity index (χ0v) is 17.0. The number of phenolic OH excluding ortho intramolecular Hbond substituents is 1. The van der Waals surface area contributed by atoms with Gasteiger partial charge in [0, 0.05) is 49.3 Å². The van der Waals surface area contributed by atoms with Crippen molar-refractivity contribution in [3.05, 3.63) is 57.9 Å². The minimum Gasteiger partial charge on any atom is -0.505 e. The van der Waals surface area contributed by atoms with Crippen LogP contribution in [0, 0.1) is 6.92 Å². The smallest absolute Gasteiger partial charge is 0.253 e. The highest BCUT2D eigenvalue weighted by Gasteiger charge is 2.23. The largest absolute Gasteiger partial charge is 0.505 e. The summed E-state index contributed by atoms with van der Waals surface area (Å²) in [7, 11) is 5.14. The van der Waals surface area contributed by atoms with E-state index in [1.165, 1.54) is 4.90 Å². The molecule has 0 fully saturated rings. The van der Waals surface area contributed by atoms with Crippen molar-refractivity contribution in [1.82, 2.24) is 14.5 Å². The molecule has 0 atom stereocenters. The summed E-state index contributed by atoms with van der Waals surface area (Å²) >= 11 is 5.87. The normalized spacial score (nSPS) is 11.0. The summed E-state index contributed by atoms with van der Waals surface area (Å²) in [6.45, 7) is 1.83. The molecule has 0 aliphatic rings. The van der Waals surface area contributed by atoms with Crippen LogP contribution in [0.2, 0.25) is 5.02 Å². The number of rotatable bonds is 5. The first kappa shape index (κ1) is 19.9. The molecule has 1 amide bonds. The van der Waals surface area contributed by atoms with E-state index in [2.05, 4.69) is 4.98 Å². The maximum absolute atomic E-state index is 12.7. The molecule has 0 saturated heterocycles. The van der Waals surface area contributed by atoms with Gasteiger partial charge in [0.05, 0.1) is 5.52 Å². The molecule has 3 rings (SSSR count). The van der Waals surface area contributed by atoms with E-state index in [0.29, 0.717) is 32.7 Å². The van der Waals surface area contributed by atoms with Crippen molar-refractivity contribution in [3.63, 3.8) is 0 Å². The number of amides is 1. The van der Waals surface area contributed by atoms with E-state index in [4.69, 9.17) is 11.6 Å². The van der Waals surface area contributed by atoms with Crippen LogP contribution in [0.1, 0.15) is 38.5 Å². The van der Waals surface area contributed by atoms with Gasteiger partial charge in [-0.05, 0) is 43.7 Å². The Morgan fingerprint density at radius 2 is 1.86 bits per heavy atom. The van der Waals surface area contributed by atoms with Gasteiger partial charge in [-0.3, -0.25) is 9.59 Å². The molecule has 1 heterocycles. The van der Waals surface area contributed by atoms with Crippen LogP contribution in [0.25, 0.3) is 11.0 Å². The number of aromatic nitrogens is 2. The van der Waals surface area contributed by atoms with Crippen LogP contribution < -0.4 is 0 Å². The standard InChI is InChI=1S/C21H22ClN3O3/c1-12-23-19-17(25(12)4)11-16(21(28)24(2)3)15(20(19)27)9-10-18(26)13-5-7-14(22)8-6-13/h5-8,11,27H,9-10H2,1-4H3. The van der Waals surface area contributed by atoms with E-state index in [1.807, 2.05) is 18.5 Å². The number of Topliss-reactive ketones (excluding diaryl/α,β-unsaturated/α-hetero) is 1. The third kappa shape index (κ3) is 3.60. The van der Waals surface area contributed by atoms with Crippen LogP contribution in [0.5, 0.6) is 5.75 Å². The van der Waals surface area contributed by atoms with Gasteiger partial charge in [-0.25, -0.2) is 4.98 Å². The molecule has 0 aliphatic carbocycles. The lowest BCUT2D eigenvalue weighted by Gasteiger charge is -2.16. The Bertz CT molecular complexity index is 1070. The first-order chi connectivity index (χ1) is 13.2. The highest BCUT2D eigenvalue weighted by molar-refractivity contribution is 6.30. The summed E-state index contributed by atoms with van der Waals surface area (Å²) in [6, 6.07) is 8.40. The van der Waals surface area contributed by atoms with Crippen molar-refractivity contribution in [2.24, 2.45) is 7.05 Å². The molecule has 1 aromatic heterocycles. The SMILES string of the molecule is Cc1nc2c(O)c(CCC(=O)c3ccc(Cl)cc3)c(C(=O)N(C)C)cc2n1C. The quantitative estimate of drug-likeness (QED) is 0.663. The molecule has 3 aromatic rings. The lowest BCUT2D eigenvalue weighted by atomic mass is 9.96. The highest BCUT2D eigenvalue weighted by Crippen LogP contribution is 2.33. The topological polar surface area (TPSA) is 75.4 Å². The molecule has 1 N–H and O–H groups in total. The minimum atomic E-state index is -0.231. The summed E-state index contributed by atoms with van der Waals surface area (Å²) in [5.74, 6) is 0.361. The fourth-order valence-corrected chi connectivity index (χ4v) is 3.29. The van der Waals surface area contributed by atoms with Gasteiger partial charge >= 0.3 is 0 Å². The Labute approximate surface area is 168 Å². The van der Waals surface area contributed by atoms with E-state index in [9.17, 15) is 14.7 Å². The number of halogens is 1. The fraction of sp³-hybridized carbons (Fsp3) is 0.286. The zero-order chi connectivity index (χ0) is 20.6. The number of nitrogens with zero attached hydrogens (tertiary/aromatic N) is 3. The molecule has 146 valence electrons. The molecule has 6 nitrogen and oxygen atoms in total. The molecule has 7 heteroatoms. The minimum absolute atomic E-state index is 0.0460. The average Bonchev–Trinajstić information content (AvgIpc) is 2.95. The molecular formula is C21H22ClN3O3. The number of carbonyl (C=O) groups is 2. The number of aryl methyl sites for hydroxylation is 2. The zero-order valence-electron chi connectivity index (χ0n) is 16.3. The van der Waals surface area contributed by atoms with E-state index in [1.54, 1.807) is 44.4 Å². The fourth-order valence-electron chi connectivity index (χ4n) is 3.16. The van der Waals surface area contributed by atoms with Crippen LogP contribution in [0.15, 0.2) is 30.3 Å². The summed E-state index contributed by atoms with van der Waals surface area (Å²) in [5.41, 5.74) is 2.46. The van der Waals surface area contributed by atoms with E-state index >= 15 is 0 Å². The molecule has 0 radical (unpaired) electrons. The van der Waals surface area contributed by atoms with E-state index < -0.39 is 0 Å². The third-order valence-electron chi connectivity index (χ3n) is 4.88. The van der Waals surface area contributed by atoms with Crippen LogP contribution in [-0.4, -0.2) is 45.3 Å². The number of aromatic hydroxyl groups is 1. The Balaban J connectivity index is 2.01. The predicted octanol–water partition coefficient (Wildman–Crippen LogP) is 3.76. The van der Waals surface area contributed by atoms with Crippen molar-refractivity contribution in [3.8, 4) is 5.75 Å². The lowest BCUT2D eigenvalue weighted by Crippen LogP contribution is -2.23. The first-order valence-corrected chi connectivity index (χ1v) is 9.26. The van der Waals surface area contributed by atoms with Crippen LogP contribution >= 0.6 is 11.6 Å². The van der Waals surface area contributed by atoms with Crippen molar-refractivity contribution >= 4 is 34.3 Å². The summed E-state index contributed by atoms with van der Waals surface area (Å²) in [4.78, 5) is 31.1. The van der Waals surface area contributed by atoms with Gasteiger partial charge in [0.1, 0.15) is 17.1 Å². The van der Waals surface area contributed by atoms with Gasteiger partial charge in [-0.2, -0.15) is 0 Å². The second kappa shape index (κ2) is 7.64. The van der Waals surface area contributed by atoms with Crippen molar-refractivity contribution < 1.29 is 14.7 Å². The molecule has 0 unspecified atom stereocenters. The van der Waals surface area contributed by atoms with Crippen molar-refractivity contribution in [1.29, 1.82) is 0 Å². The Hall–Kier alpha value is -2.86. The molecule has 0 saturated carbocycles. The number of carbonyl (C=O) groups excluding carboxylic acids is 2. The Kier molecular flexibility index (Phi) is 5.42. The monoisotopic (exact) mass is 399 g/mol. The van der Waals surface area contributed by atoms with Gasteiger partial charge in [-0.1, -0.05) is 11.6 Å². The van der Waals surface area contributed by atoms with Gasteiger partial charge < -0.3 is 14.6 Å². The average molecular weight is 400 g/mol. The van der Waals surface area contributed by atoms with Gasteiger partial charge in [0.2, 0.25) is 0 Å². The summed E-state index contributed by atoms with van der Waals surface area (Å²) < 4.78 is 1.82. The number of fused-ring (bicyclic) bond motifs is 1. The van der Waals surface area contributed by atoms with Crippen LogP contribution in [0.4, 0.5) is 0 Å². The van der Waals surface area contributed by atoms with E-state index in [0.717, 1.165) is 5.82 Å². The molecule has 0 bridgehead atoms. The molecule has 0 spiro atoms. The predicted molar refractivity (Wildman–Crippen MR) is 109 cm³/mol. The first-order valence-electron chi connectivity index (χ1n) is 8.89. The number of imidazole rings is 1. The Morgan fingerprint density at radius 1 is 1.21 bits per heavy atom. The molecular weight excluding hydrogens is 378 g/mol. The maximum atomic E-state index is 12.7. The number of hydrogen-bond acceptors (Lipinski definition) is 4. The molecule has 28 heavy (non-hydrogen) atoms. The summed E-state index contributed by atoms with van der Waals surface area (Å²) in [6.07, 6.45) is 0.383. The number of hydrogen-bond donors (Lipinski definition) is 1. The molecule has 2 aromatic carbocycles. The number of benzene rings is 2. The van der Waals surface area contributed by atoms with Gasteiger partial charge in [0.15, 0.2) is 5.78 Å². The second-order valence-corrected chi connectivity index (χ2v) is 7.40. The van der Waals surface area contributed by atoms with Crippen LogP contribution in [-0.2, 0) is 13.5 Å². The lowest BCUT2D eigenvalue weighted by molar-refractivity contribution is 0.0825. The highest BCUT2D eigenvalue weighted by atomic mass is 35.5. The number of ketones is 1. The van der Waals surface area contributed by atoms with Gasteiger partial charge in [-0.15, -0.1) is 0 Å². The van der Waals surface area contributed by atoms with Crippen molar-refractivity contribution in [2.75, 3.05) is 14.1 Å². The van der Waals surface area contributed by atoms with Gasteiger partial charge in [0.25, 0.3) is 5.91 Å². The van der Waals surface area contributed by atoms with Crippen molar-refractivity contribution in [2.45, 2.75) is 19.8 Å². The summed E-state index contributed by atoms with van der Waals surface area (Å²) in [5, 5.41) is 11.4. The van der Waals surface area contributed by atoms with Crippen LogP contribution in [0.3, 0.4) is 0 Å². The third-order valence-corrected chi connectivity index (χ3v) is 5.14. The van der Waals surface area contributed by atoms with E-state index in [-0.39, 0.29) is 30.3 Å². The Morgan fingerprint density at radius 3 is 2.46 bits per heavy atom. The second-order valence-electron chi connectivity index (χ2n) is 6.97. The molecule has 0 aliphatic heterocycles.